The van der Waals surface area contributed by atoms with E-state index in [9.17, 15) is 9.18 Å². The van der Waals surface area contributed by atoms with Crippen LogP contribution in [0.3, 0.4) is 0 Å². The lowest BCUT2D eigenvalue weighted by Crippen LogP contribution is -2.55. The Hall–Kier alpha value is -0.880. The van der Waals surface area contributed by atoms with Gasteiger partial charge in [-0.1, -0.05) is 0 Å². The third-order valence-electron chi connectivity index (χ3n) is 3.24. The van der Waals surface area contributed by atoms with Gasteiger partial charge in [0.1, 0.15) is 11.8 Å². The molecule has 0 aromatic rings. The molecule has 1 amide bonds. The summed E-state index contributed by atoms with van der Waals surface area (Å²) in [4.78, 5) is 13.3. The lowest BCUT2D eigenvalue weighted by molar-refractivity contribution is -0.0972. The molecule has 0 aromatic carbocycles. The van der Waals surface area contributed by atoms with Crippen LogP contribution in [0.1, 0.15) is 27.2 Å². The van der Waals surface area contributed by atoms with E-state index in [0.29, 0.717) is 13.0 Å². The molecule has 0 bridgehead atoms. The lowest BCUT2D eigenvalue weighted by Gasteiger charge is -2.38. The minimum atomic E-state index is -1.14. The van der Waals surface area contributed by atoms with E-state index in [1.54, 1.807) is 20.8 Å². The molecule has 2 heterocycles. The van der Waals surface area contributed by atoms with Gasteiger partial charge in [0.2, 0.25) is 0 Å². The fourth-order valence-electron chi connectivity index (χ4n) is 2.13. The molecule has 0 aliphatic carbocycles. The molecule has 0 saturated carbocycles. The Morgan fingerprint density at radius 2 is 2.05 bits per heavy atom. The number of piperidine rings is 1. The summed E-state index contributed by atoms with van der Waals surface area (Å²) < 4.78 is 24.9. The monoisotopic (exact) mass is 274 g/mol. The summed E-state index contributed by atoms with van der Waals surface area (Å²) in [6, 6.07) is 0. The van der Waals surface area contributed by atoms with Gasteiger partial charge >= 0.3 is 6.09 Å². The quantitative estimate of drug-likeness (QED) is 0.825. The molecule has 2 aliphatic rings. The van der Waals surface area contributed by atoms with Crippen LogP contribution in [0.25, 0.3) is 0 Å². The van der Waals surface area contributed by atoms with Gasteiger partial charge < -0.3 is 19.7 Å². The van der Waals surface area contributed by atoms with Crippen molar-refractivity contribution in [2.24, 2.45) is 0 Å². The molecular weight excluding hydrogens is 251 g/mol. The van der Waals surface area contributed by atoms with E-state index < -0.39 is 24.0 Å². The van der Waals surface area contributed by atoms with Crippen LogP contribution in [0.2, 0.25) is 0 Å². The summed E-state index contributed by atoms with van der Waals surface area (Å²) in [7, 11) is 0. The number of nitrogens with zero attached hydrogens (tertiary/aromatic N) is 1. The highest BCUT2D eigenvalue weighted by molar-refractivity contribution is 5.68. The minimum absolute atomic E-state index is 0.0553. The number of hydrogen-bond donors (Lipinski definition) is 1. The van der Waals surface area contributed by atoms with E-state index in [2.05, 4.69) is 5.32 Å². The van der Waals surface area contributed by atoms with E-state index >= 15 is 0 Å². The number of likely N-dealkylation sites (tertiary alicyclic amines) is 1. The van der Waals surface area contributed by atoms with Gasteiger partial charge in [0, 0.05) is 19.6 Å². The van der Waals surface area contributed by atoms with Crippen LogP contribution in [0.15, 0.2) is 0 Å². The van der Waals surface area contributed by atoms with Gasteiger partial charge in [0.15, 0.2) is 0 Å². The number of rotatable bonds is 2. The highest BCUT2D eigenvalue weighted by atomic mass is 19.1. The Kier molecular flexibility index (Phi) is 4.30. The van der Waals surface area contributed by atoms with Gasteiger partial charge in [-0.25, -0.2) is 9.18 Å². The Morgan fingerprint density at radius 1 is 1.37 bits per heavy atom. The number of carbonyl (C=O) groups is 1. The predicted molar refractivity (Wildman–Crippen MR) is 68.9 cm³/mol. The SMILES string of the molecule is CC(C)(C)OC(=O)N1CC[C@@H](OC2CNC2)[C@@H](F)C1. The van der Waals surface area contributed by atoms with Crippen LogP contribution < -0.4 is 5.32 Å². The summed E-state index contributed by atoms with van der Waals surface area (Å²) in [5, 5.41) is 3.09. The van der Waals surface area contributed by atoms with E-state index in [4.69, 9.17) is 9.47 Å². The number of nitrogens with one attached hydrogen (secondary N) is 1. The Morgan fingerprint density at radius 3 is 2.53 bits per heavy atom. The van der Waals surface area contributed by atoms with Gasteiger partial charge in [-0.3, -0.25) is 0 Å². The molecule has 0 unspecified atom stereocenters. The molecule has 19 heavy (non-hydrogen) atoms. The molecule has 110 valence electrons. The number of alkyl halides is 1. The maximum atomic E-state index is 14.0. The average Bonchev–Trinajstić information content (AvgIpc) is 2.22. The second-order valence-corrected chi connectivity index (χ2v) is 6.19. The normalized spacial score (nSPS) is 28.9. The summed E-state index contributed by atoms with van der Waals surface area (Å²) in [6.45, 7) is 7.53. The second kappa shape index (κ2) is 5.63. The first kappa shape index (κ1) is 14.5. The zero-order valence-electron chi connectivity index (χ0n) is 11.8. The fourth-order valence-corrected chi connectivity index (χ4v) is 2.13. The third-order valence-corrected chi connectivity index (χ3v) is 3.24. The molecule has 1 N–H and O–H groups in total. The maximum absolute atomic E-state index is 14.0. The first-order valence-corrected chi connectivity index (χ1v) is 6.83. The molecule has 5 nitrogen and oxygen atoms in total. The molecule has 0 spiro atoms. The second-order valence-electron chi connectivity index (χ2n) is 6.19. The number of ether oxygens (including phenoxy) is 2. The number of halogens is 1. The Bertz CT molecular complexity index is 328. The first-order chi connectivity index (χ1) is 8.85. The van der Waals surface area contributed by atoms with Crippen LogP contribution in [0, 0.1) is 0 Å². The van der Waals surface area contributed by atoms with Crippen molar-refractivity contribution in [3.05, 3.63) is 0 Å². The highest BCUT2D eigenvalue weighted by Gasteiger charge is 2.36. The van der Waals surface area contributed by atoms with Crippen molar-refractivity contribution in [3.63, 3.8) is 0 Å². The molecule has 2 saturated heterocycles. The number of carbonyl (C=O) groups excluding carboxylic acids is 1. The summed E-state index contributed by atoms with van der Waals surface area (Å²) in [6.07, 6.45) is -1.33. The molecule has 0 aromatic heterocycles. The smallest absolute Gasteiger partial charge is 0.410 e. The predicted octanol–water partition coefficient (Wildman–Crippen LogP) is 1.32. The highest BCUT2D eigenvalue weighted by Crippen LogP contribution is 2.21. The first-order valence-electron chi connectivity index (χ1n) is 6.83. The Labute approximate surface area is 113 Å². The van der Waals surface area contributed by atoms with Gasteiger partial charge in [0.05, 0.1) is 18.8 Å². The van der Waals surface area contributed by atoms with Crippen LogP contribution in [0.4, 0.5) is 9.18 Å². The third kappa shape index (κ3) is 4.04. The number of hydrogen-bond acceptors (Lipinski definition) is 4. The van der Waals surface area contributed by atoms with Crippen molar-refractivity contribution in [2.75, 3.05) is 26.2 Å². The van der Waals surface area contributed by atoms with Crippen molar-refractivity contribution in [1.29, 1.82) is 0 Å². The topological polar surface area (TPSA) is 50.8 Å². The molecular formula is C13H23FN2O3. The zero-order chi connectivity index (χ0) is 14.0. The van der Waals surface area contributed by atoms with Crippen molar-refractivity contribution in [2.45, 2.75) is 51.2 Å². The van der Waals surface area contributed by atoms with Crippen molar-refractivity contribution < 1.29 is 18.7 Å². The molecule has 0 radical (unpaired) electrons. The summed E-state index contributed by atoms with van der Waals surface area (Å²) >= 11 is 0. The maximum Gasteiger partial charge on any atom is 0.410 e. The molecule has 2 rings (SSSR count). The average molecular weight is 274 g/mol. The minimum Gasteiger partial charge on any atom is -0.444 e. The van der Waals surface area contributed by atoms with Gasteiger partial charge in [-0.15, -0.1) is 0 Å². The molecule has 2 atom stereocenters. The standard InChI is InChI=1S/C13H23FN2O3/c1-13(2,3)19-12(17)16-5-4-11(10(14)8-16)18-9-6-15-7-9/h9-11,15H,4-8H2,1-3H3/t10-,11+/m0/s1. The van der Waals surface area contributed by atoms with Gasteiger partial charge in [0.25, 0.3) is 0 Å². The van der Waals surface area contributed by atoms with Crippen LogP contribution in [0.5, 0.6) is 0 Å². The molecule has 2 aliphatic heterocycles. The molecule has 2 fully saturated rings. The van der Waals surface area contributed by atoms with Crippen molar-refractivity contribution >= 4 is 6.09 Å². The van der Waals surface area contributed by atoms with E-state index in [0.717, 1.165) is 13.1 Å². The summed E-state index contributed by atoms with van der Waals surface area (Å²) in [5.41, 5.74) is -0.548. The zero-order valence-corrected chi connectivity index (χ0v) is 11.8. The van der Waals surface area contributed by atoms with Gasteiger partial charge in [-0.2, -0.15) is 0 Å². The fraction of sp³-hybridized carbons (Fsp3) is 0.923. The van der Waals surface area contributed by atoms with E-state index in [1.807, 2.05) is 0 Å². The largest absolute Gasteiger partial charge is 0.444 e. The van der Waals surface area contributed by atoms with Crippen molar-refractivity contribution in [3.8, 4) is 0 Å². The lowest BCUT2D eigenvalue weighted by atomic mass is 10.1. The van der Waals surface area contributed by atoms with Crippen LogP contribution in [-0.4, -0.2) is 61.2 Å². The Balaban J connectivity index is 1.80. The summed E-state index contributed by atoms with van der Waals surface area (Å²) in [5.74, 6) is 0. The number of amides is 1. The van der Waals surface area contributed by atoms with Crippen LogP contribution >= 0.6 is 0 Å². The van der Waals surface area contributed by atoms with Crippen LogP contribution in [-0.2, 0) is 9.47 Å². The molecule has 6 heteroatoms. The van der Waals surface area contributed by atoms with E-state index in [1.165, 1.54) is 4.90 Å². The van der Waals surface area contributed by atoms with Gasteiger partial charge in [-0.05, 0) is 27.2 Å². The van der Waals surface area contributed by atoms with E-state index in [-0.39, 0.29) is 12.6 Å². The van der Waals surface area contributed by atoms with Crippen molar-refractivity contribution in [1.82, 2.24) is 10.2 Å².